The van der Waals surface area contributed by atoms with Gasteiger partial charge in [-0.1, -0.05) is 6.07 Å². The predicted molar refractivity (Wildman–Crippen MR) is 77.7 cm³/mol. The first-order valence-electron chi connectivity index (χ1n) is 7.12. The Labute approximate surface area is 121 Å². The predicted octanol–water partition coefficient (Wildman–Crippen LogP) is 2.15. The van der Waals surface area contributed by atoms with Crippen molar-refractivity contribution in [2.24, 2.45) is 5.92 Å². The summed E-state index contributed by atoms with van der Waals surface area (Å²) in [6.45, 7) is 0. The van der Waals surface area contributed by atoms with Gasteiger partial charge in [0.25, 0.3) is 0 Å². The molecule has 0 atom stereocenters. The third-order valence-corrected chi connectivity index (χ3v) is 4.35. The Morgan fingerprint density at radius 2 is 2.05 bits per heavy atom. The molecule has 6 nitrogen and oxygen atoms in total. The minimum Gasteiger partial charge on any atom is -0.494 e. The van der Waals surface area contributed by atoms with Crippen LogP contribution < -0.4 is 10.4 Å². The van der Waals surface area contributed by atoms with E-state index in [-0.39, 0.29) is 17.6 Å². The Kier molecular flexibility index (Phi) is 3.45. The van der Waals surface area contributed by atoms with Crippen molar-refractivity contribution in [3.05, 3.63) is 28.7 Å². The molecular formula is C15H18N2O4. The fourth-order valence-corrected chi connectivity index (χ4v) is 3.24. The van der Waals surface area contributed by atoms with Crippen LogP contribution >= 0.6 is 0 Å². The molecule has 1 saturated carbocycles. The Morgan fingerprint density at radius 3 is 2.67 bits per heavy atom. The van der Waals surface area contributed by atoms with E-state index < -0.39 is 5.97 Å². The highest BCUT2D eigenvalue weighted by molar-refractivity contribution is 5.82. The molecule has 0 amide bonds. The number of para-hydroxylation sites is 1. The summed E-state index contributed by atoms with van der Waals surface area (Å²) in [7, 11) is 1.57. The summed E-state index contributed by atoms with van der Waals surface area (Å²) in [5, 5.41) is 9.06. The van der Waals surface area contributed by atoms with Gasteiger partial charge in [0.1, 0.15) is 11.3 Å². The van der Waals surface area contributed by atoms with Gasteiger partial charge in [0.15, 0.2) is 0 Å². The first-order chi connectivity index (χ1) is 10.1. The van der Waals surface area contributed by atoms with Crippen LogP contribution in [0.15, 0.2) is 23.0 Å². The number of H-pyrrole nitrogens is 1. The summed E-state index contributed by atoms with van der Waals surface area (Å²) >= 11 is 0. The van der Waals surface area contributed by atoms with E-state index in [0.717, 1.165) is 5.52 Å². The maximum absolute atomic E-state index is 12.3. The van der Waals surface area contributed by atoms with Crippen LogP contribution in [0.1, 0.15) is 31.7 Å². The maximum Gasteiger partial charge on any atom is 0.326 e. The summed E-state index contributed by atoms with van der Waals surface area (Å²) in [4.78, 5) is 26.1. The van der Waals surface area contributed by atoms with Crippen LogP contribution in [0.25, 0.3) is 11.0 Å². The second-order valence-corrected chi connectivity index (χ2v) is 5.50. The van der Waals surface area contributed by atoms with Gasteiger partial charge in [0.2, 0.25) is 0 Å². The number of hydrogen-bond donors (Lipinski definition) is 2. The smallest absolute Gasteiger partial charge is 0.326 e. The minimum absolute atomic E-state index is 0.0500. The summed E-state index contributed by atoms with van der Waals surface area (Å²) in [5.74, 6) is -0.374. The number of ether oxygens (including phenoxy) is 1. The number of carbonyl (C=O) groups is 1. The number of hydrogen-bond acceptors (Lipinski definition) is 3. The molecule has 112 valence electrons. The van der Waals surface area contributed by atoms with E-state index in [1.165, 1.54) is 0 Å². The topological polar surface area (TPSA) is 84.3 Å². The standard InChI is InChI=1S/C15H18N2O4/c1-21-12-4-2-3-11-13(12)16-15(20)17(11)10-7-5-9(6-8-10)14(18)19/h2-4,9-10H,5-8H2,1H3,(H,16,20)(H,18,19). The van der Waals surface area contributed by atoms with Crippen molar-refractivity contribution >= 4 is 17.0 Å². The number of fused-ring (bicyclic) bond motifs is 1. The average molecular weight is 290 g/mol. The Balaban J connectivity index is 1.97. The number of aromatic nitrogens is 2. The van der Waals surface area contributed by atoms with Crippen molar-refractivity contribution < 1.29 is 14.6 Å². The molecule has 21 heavy (non-hydrogen) atoms. The van der Waals surface area contributed by atoms with Gasteiger partial charge in [-0.25, -0.2) is 4.79 Å². The average Bonchev–Trinajstić information content (AvgIpc) is 2.83. The highest BCUT2D eigenvalue weighted by Gasteiger charge is 2.28. The van der Waals surface area contributed by atoms with Crippen molar-refractivity contribution in [2.75, 3.05) is 7.11 Å². The van der Waals surface area contributed by atoms with Gasteiger partial charge in [-0.3, -0.25) is 9.36 Å². The van der Waals surface area contributed by atoms with Gasteiger partial charge in [-0.15, -0.1) is 0 Å². The maximum atomic E-state index is 12.3. The fourth-order valence-electron chi connectivity index (χ4n) is 3.24. The first kappa shape index (κ1) is 13.7. The Morgan fingerprint density at radius 1 is 1.33 bits per heavy atom. The lowest BCUT2D eigenvalue weighted by molar-refractivity contribution is -0.143. The molecule has 6 heteroatoms. The number of nitrogens with zero attached hydrogens (tertiary/aromatic N) is 1. The zero-order valence-electron chi connectivity index (χ0n) is 11.8. The normalized spacial score (nSPS) is 22.3. The number of carboxylic acid groups (broad SMARTS) is 1. The van der Waals surface area contributed by atoms with Crippen LogP contribution in [0.3, 0.4) is 0 Å². The molecule has 1 aliphatic rings. The van der Waals surface area contributed by atoms with Gasteiger partial charge in [-0.05, 0) is 37.8 Å². The van der Waals surface area contributed by atoms with Crippen molar-refractivity contribution in [3.8, 4) is 5.75 Å². The number of carboxylic acids is 1. The number of rotatable bonds is 3. The summed E-state index contributed by atoms with van der Waals surface area (Å²) in [6.07, 6.45) is 2.65. The highest BCUT2D eigenvalue weighted by Crippen LogP contribution is 2.34. The van der Waals surface area contributed by atoms with E-state index in [9.17, 15) is 9.59 Å². The molecule has 1 heterocycles. The summed E-state index contributed by atoms with van der Waals surface area (Å²) < 4.78 is 7.02. The molecule has 2 aromatic rings. The molecule has 0 aliphatic heterocycles. The molecule has 1 aromatic heterocycles. The second-order valence-electron chi connectivity index (χ2n) is 5.50. The summed E-state index contributed by atoms with van der Waals surface area (Å²) in [6, 6.07) is 5.60. The second kappa shape index (κ2) is 5.27. The first-order valence-corrected chi connectivity index (χ1v) is 7.12. The number of nitrogens with one attached hydrogen (secondary N) is 1. The van der Waals surface area contributed by atoms with Crippen molar-refractivity contribution in [3.63, 3.8) is 0 Å². The Bertz CT molecular complexity index is 723. The van der Waals surface area contributed by atoms with E-state index in [2.05, 4.69) is 4.98 Å². The number of aromatic amines is 1. The van der Waals surface area contributed by atoms with E-state index in [0.29, 0.717) is 36.9 Å². The van der Waals surface area contributed by atoms with E-state index in [1.54, 1.807) is 11.7 Å². The van der Waals surface area contributed by atoms with Gasteiger partial charge in [-0.2, -0.15) is 0 Å². The minimum atomic E-state index is -0.735. The SMILES string of the molecule is COc1cccc2c1[nH]c(=O)n2C1CCC(C(=O)O)CC1. The fraction of sp³-hybridized carbons (Fsp3) is 0.467. The van der Waals surface area contributed by atoms with Gasteiger partial charge >= 0.3 is 11.7 Å². The monoisotopic (exact) mass is 290 g/mol. The molecule has 0 spiro atoms. The quantitative estimate of drug-likeness (QED) is 0.907. The zero-order valence-corrected chi connectivity index (χ0v) is 11.8. The van der Waals surface area contributed by atoms with Crippen LogP contribution in [0.4, 0.5) is 0 Å². The number of imidazole rings is 1. The van der Waals surface area contributed by atoms with Gasteiger partial charge in [0, 0.05) is 6.04 Å². The molecule has 1 fully saturated rings. The van der Waals surface area contributed by atoms with Crippen molar-refractivity contribution in [1.82, 2.24) is 9.55 Å². The lowest BCUT2D eigenvalue weighted by Gasteiger charge is -2.27. The molecule has 1 aromatic carbocycles. The van der Waals surface area contributed by atoms with E-state index >= 15 is 0 Å². The van der Waals surface area contributed by atoms with E-state index in [4.69, 9.17) is 9.84 Å². The molecule has 3 rings (SSSR count). The lowest BCUT2D eigenvalue weighted by Crippen LogP contribution is -2.28. The van der Waals surface area contributed by atoms with Crippen molar-refractivity contribution in [2.45, 2.75) is 31.7 Å². The van der Waals surface area contributed by atoms with Crippen LogP contribution in [0.2, 0.25) is 0 Å². The molecule has 1 aliphatic carbocycles. The van der Waals surface area contributed by atoms with Crippen LogP contribution in [-0.4, -0.2) is 27.7 Å². The largest absolute Gasteiger partial charge is 0.494 e. The molecule has 0 radical (unpaired) electrons. The van der Waals surface area contributed by atoms with Gasteiger partial charge < -0.3 is 14.8 Å². The van der Waals surface area contributed by atoms with E-state index in [1.807, 2.05) is 18.2 Å². The number of methoxy groups -OCH3 is 1. The highest BCUT2D eigenvalue weighted by atomic mass is 16.5. The molecule has 2 N–H and O–H groups in total. The van der Waals surface area contributed by atoms with Gasteiger partial charge in [0.05, 0.1) is 18.5 Å². The van der Waals surface area contributed by atoms with Crippen molar-refractivity contribution in [1.29, 1.82) is 0 Å². The van der Waals surface area contributed by atoms with Crippen LogP contribution in [-0.2, 0) is 4.79 Å². The zero-order chi connectivity index (χ0) is 15.0. The third-order valence-electron chi connectivity index (χ3n) is 4.35. The molecular weight excluding hydrogens is 272 g/mol. The third kappa shape index (κ3) is 2.30. The van der Waals surface area contributed by atoms with Crippen LogP contribution in [0, 0.1) is 5.92 Å². The molecule has 0 bridgehead atoms. The number of benzene rings is 1. The molecule has 0 unspecified atom stereocenters. The lowest BCUT2D eigenvalue weighted by atomic mass is 9.86. The summed E-state index contributed by atoms with van der Waals surface area (Å²) in [5.41, 5.74) is 1.36. The number of aliphatic carboxylic acids is 1. The molecule has 0 saturated heterocycles. The Hall–Kier alpha value is -2.24. The van der Waals surface area contributed by atoms with Crippen LogP contribution in [0.5, 0.6) is 5.75 Å².